The zero-order valence-electron chi connectivity index (χ0n) is 9.42. The minimum absolute atomic E-state index is 0.102. The van der Waals surface area contributed by atoms with Crippen molar-refractivity contribution < 1.29 is 9.53 Å². The van der Waals surface area contributed by atoms with Crippen molar-refractivity contribution in [3.63, 3.8) is 0 Å². The van der Waals surface area contributed by atoms with E-state index in [2.05, 4.69) is 6.92 Å². The highest BCUT2D eigenvalue weighted by molar-refractivity contribution is 5.83. The molecule has 14 heavy (non-hydrogen) atoms. The van der Waals surface area contributed by atoms with Crippen molar-refractivity contribution in [2.75, 3.05) is 7.11 Å². The van der Waals surface area contributed by atoms with Crippen LogP contribution in [0.15, 0.2) is 0 Å². The van der Waals surface area contributed by atoms with Crippen LogP contribution in [-0.2, 0) is 9.53 Å². The molecule has 0 aliphatic heterocycles. The number of carbonyl (C=O) groups excluding carboxylic acids is 1. The van der Waals surface area contributed by atoms with Crippen LogP contribution in [0.2, 0.25) is 0 Å². The lowest BCUT2D eigenvalue weighted by molar-refractivity contribution is -0.132. The summed E-state index contributed by atoms with van der Waals surface area (Å²) >= 11 is 0. The number of carbonyl (C=O) groups is 1. The Balaban J connectivity index is 2.24. The van der Waals surface area contributed by atoms with Gasteiger partial charge in [-0.3, -0.25) is 4.79 Å². The molecule has 2 nitrogen and oxygen atoms in total. The lowest BCUT2D eigenvalue weighted by Gasteiger charge is -2.27. The molecule has 82 valence electrons. The minimum Gasteiger partial charge on any atom is -0.374 e. The molecule has 0 N–H and O–H groups in total. The molecule has 0 spiro atoms. The number of rotatable bonds is 5. The third kappa shape index (κ3) is 3.41. The molecule has 0 radical (unpaired) electrons. The van der Waals surface area contributed by atoms with E-state index in [4.69, 9.17) is 4.74 Å². The molecule has 0 heterocycles. The first-order valence-electron chi connectivity index (χ1n) is 5.83. The second-order valence-electron chi connectivity index (χ2n) is 4.33. The third-order valence-corrected chi connectivity index (χ3v) is 3.21. The Morgan fingerprint density at radius 1 is 1.43 bits per heavy atom. The SMILES string of the molecule is CCCCCC1CCC(=O)C(OC)C1. The van der Waals surface area contributed by atoms with Gasteiger partial charge in [-0.1, -0.05) is 32.6 Å². The van der Waals surface area contributed by atoms with Crippen molar-refractivity contribution >= 4 is 5.78 Å². The van der Waals surface area contributed by atoms with E-state index in [-0.39, 0.29) is 6.10 Å². The van der Waals surface area contributed by atoms with Gasteiger partial charge in [0, 0.05) is 13.5 Å². The predicted molar refractivity (Wildman–Crippen MR) is 57.3 cm³/mol. The average Bonchev–Trinajstić information content (AvgIpc) is 2.21. The molecule has 0 aromatic carbocycles. The van der Waals surface area contributed by atoms with Crippen LogP contribution in [0.4, 0.5) is 0 Å². The highest BCUT2D eigenvalue weighted by Crippen LogP contribution is 2.27. The predicted octanol–water partition coefficient (Wildman–Crippen LogP) is 2.95. The van der Waals surface area contributed by atoms with Gasteiger partial charge < -0.3 is 4.74 Å². The summed E-state index contributed by atoms with van der Waals surface area (Å²) in [5.74, 6) is 1.03. The number of ketones is 1. The fourth-order valence-electron chi connectivity index (χ4n) is 2.23. The Labute approximate surface area is 87.0 Å². The third-order valence-electron chi connectivity index (χ3n) is 3.21. The van der Waals surface area contributed by atoms with Crippen LogP contribution in [0.1, 0.15) is 51.9 Å². The van der Waals surface area contributed by atoms with Gasteiger partial charge in [-0.2, -0.15) is 0 Å². The molecule has 1 fully saturated rings. The first-order valence-corrected chi connectivity index (χ1v) is 5.83. The van der Waals surface area contributed by atoms with Gasteiger partial charge >= 0.3 is 0 Å². The second kappa shape index (κ2) is 6.18. The number of Topliss-reactive ketones (excluding diaryl/α,β-unsaturated/α-hetero) is 1. The molecule has 2 heteroatoms. The zero-order chi connectivity index (χ0) is 10.4. The smallest absolute Gasteiger partial charge is 0.161 e. The van der Waals surface area contributed by atoms with Crippen molar-refractivity contribution in [3.05, 3.63) is 0 Å². The maximum absolute atomic E-state index is 11.4. The van der Waals surface area contributed by atoms with E-state index in [0.29, 0.717) is 5.78 Å². The van der Waals surface area contributed by atoms with Crippen molar-refractivity contribution in [2.24, 2.45) is 5.92 Å². The average molecular weight is 198 g/mol. The molecular formula is C12H22O2. The Morgan fingerprint density at radius 3 is 2.86 bits per heavy atom. The number of ether oxygens (including phenoxy) is 1. The van der Waals surface area contributed by atoms with Gasteiger partial charge in [0.2, 0.25) is 0 Å². The van der Waals surface area contributed by atoms with Crippen LogP contribution in [0.3, 0.4) is 0 Å². The summed E-state index contributed by atoms with van der Waals surface area (Å²) in [5, 5.41) is 0. The Kier molecular flexibility index (Phi) is 5.16. The fraction of sp³-hybridized carbons (Fsp3) is 0.917. The Morgan fingerprint density at radius 2 is 2.21 bits per heavy atom. The molecule has 1 saturated carbocycles. The van der Waals surface area contributed by atoms with Crippen LogP contribution in [-0.4, -0.2) is 19.0 Å². The molecular weight excluding hydrogens is 176 g/mol. The molecule has 0 aromatic rings. The van der Waals surface area contributed by atoms with Crippen LogP contribution < -0.4 is 0 Å². The highest BCUT2D eigenvalue weighted by Gasteiger charge is 2.27. The lowest BCUT2D eigenvalue weighted by Crippen LogP contribution is -2.31. The second-order valence-corrected chi connectivity index (χ2v) is 4.33. The van der Waals surface area contributed by atoms with Crippen LogP contribution in [0.25, 0.3) is 0 Å². The Hall–Kier alpha value is -0.370. The minimum atomic E-state index is -0.102. The quantitative estimate of drug-likeness (QED) is 0.635. The van der Waals surface area contributed by atoms with Gasteiger partial charge in [-0.15, -0.1) is 0 Å². The molecule has 1 aliphatic carbocycles. The first-order chi connectivity index (χ1) is 6.77. The number of hydrogen-bond acceptors (Lipinski definition) is 2. The molecule has 0 amide bonds. The standard InChI is InChI=1S/C12H22O2/c1-3-4-5-6-10-7-8-11(13)12(9-10)14-2/h10,12H,3-9H2,1-2H3. The van der Waals surface area contributed by atoms with E-state index >= 15 is 0 Å². The van der Waals surface area contributed by atoms with Crippen LogP contribution >= 0.6 is 0 Å². The van der Waals surface area contributed by atoms with Gasteiger partial charge in [-0.25, -0.2) is 0 Å². The van der Waals surface area contributed by atoms with Gasteiger partial charge in [-0.05, 0) is 18.8 Å². The largest absolute Gasteiger partial charge is 0.374 e. The first kappa shape index (κ1) is 11.7. The topological polar surface area (TPSA) is 26.3 Å². The summed E-state index contributed by atoms with van der Waals surface area (Å²) in [6.45, 7) is 2.22. The van der Waals surface area contributed by atoms with E-state index in [9.17, 15) is 4.79 Å². The van der Waals surface area contributed by atoms with Crippen molar-refractivity contribution in [3.8, 4) is 0 Å². The highest BCUT2D eigenvalue weighted by atomic mass is 16.5. The number of methoxy groups -OCH3 is 1. The van der Waals surface area contributed by atoms with Crippen LogP contribution in [0.5, 0.6) is 0 Å². The van der Waals surface area contributed by atoms with Gasteiger partial charge in [0.05, 0.1) is 0 Å². The molecule has 0 bridgehead atoms. The Bertz CT molecular complexity index is 177. The molecule has 2 atom stereocenters. The van der Waals surface area contributed by atoms with E-state index in [0.717, 1.165) is 25.2 Å². The molecule has 2 unspecified atom stereocenters. The van der Waals surface area contributed by atoms with Crippen molar-refractivity contribution in [1.82, 2.24) is 0 Å². The van der Waals surface area contributed by atoms with Gasteiger partial charge in [0.15, 0.2) is 5.78 Å². The summed E-state index contributed by atoms with van der Waals surface area (Å²) in [5.41, 5.74) is 0. The molecule has 1 rings (SSSR count). The normalized spacial score (nSPS) is 28.0. The number of unbranched alkanes of at least 4 members (excludes halogenated alkanes) is 2. The van der Waals surface area contributed by atoms with Gasteiger partial charge in [0.25, 0.3) is 0 Å². The summed E-state index contributed by atoms with van der Waals surface area (Å²) in [4.78, 5) is 11.4. The molecule has 0 saturated heterocycles. The van der Waals surface area contributed by atoms with E-state index < -0.39 is 0 Å². The van der Waals surface area contributed by atoms with E-state index in [1.165, 1.54) is 25.7 Å². The van der Waals surface area contributed by atoms with Gasteiger partial charge in [0.1, 0.15) is 6.10 Å². The van der Waals surface area contributed by atoms with Crippen molar-refractivity contribution in [1.29, 1.82) is 0 Å². The van der Waals surface area contributed by atoms with E-state index in [1.807, 2.05) is 0 Å². The summed E-state index contributed by atoms with van der Waals surface area (Å²) in [6, 6.07) is 0. The van der Waals surface area contributed by atoms with Crippen LogP contribution in [0, 0.1) is 5.92 Å². The summed E-state index contributed by atoms with van der Waals surface area (Å²) in [6.07, 6.45) is 7.86. The maximum atomic E-state index is 11.4. The monoisotopic (exact) mass is 198 g/mol. The fourth-order valence-corrected chi connectivity index (χ4v) is 2.23. The number of hydrogen-bond donors (Lipinski definition) is 0. The molecule has 1 aliphatic rings. The van der Waals surface area contributed by atoms with Crippen molar-refractivity contribution in [2.45, 2.75) is 58.0 Å². The lowest BCUT2D eigenvalue weighted by atomic mass is 9.83. The van der Waals surface area contributed by atoms with E-state index in [1.54, 1.807) is 7.11 Å². The maximum Gasteiger partial charge on any atom is 0.161 e. The summed E-state index contributed by atoms with van der Waals surface area (Å²) in [7, 11) is 1.65. The summed E-state index contributed by atoms with van der Waals surface area (Å²) < 4.78 is 5.19. The molecule has 0 aromatic heterocycles. The zero-order valence-corrected chi connectivity index (χ0v) is 9.42.